The number of H-pyrrole nitrogens is 1. The average molecular weight is 462 g/mol. The number of benzene rings is 1. The number of sulfonamides is 1. The number of halogens is 2. The SMILES string of the molecule is [2H]c1nc(C(=O)c2ccnc3[nH]ccc23)c(NS(=O)(=O)c2ccc(Cl)c(C)c2)cc1Cl. The second kappa shape index (κ2) is 7.71. The summed E-state index contributed by atoms with van der Waals surface area (Å²) in [6.45, 7) is 1.68. The number of carbonyl (C=O) groups is 1. The quantitative estimate of drug-likeness (QED) is 0.422. The van der Waals surface area contributed by atoms with Crippen molar-refractivity contribution in [3.05, 3.63) is 81.8 Å². The number of nitrogens with zero attached hydrogens (tertiary/aromatic N) is 2. The summed E-state index contributed by atoms with van der Waals surface area (Å²) in [4.78, 5) is 24.2. The van der Waals surface area contributed by atoms with E-state index in [0.29, 0.717) is 21.6 Å². The van der Waals surface area contributed by atoms with Gasteiger partial charge in [-0.25, -0.2) is 18.4 Å². The first-order valence-corrected chi connectivity index (χ1v) is 10.8. The maximum absolute atomic E-state index is 13.3. The average Bonchev–Trinajstić information content (AvgIpc) is 3.20. The van der Waals surface area contributed by atoms with Gasteiger partial charge in [-0.3, -0.25) is 9.52 Å². The van der Waals surface area contributed by atoms with E-state index in [1.54, 1.807) is 19.2 Å². The second-order valence-electron chi connectivity index (χ2n) is 6.42. The largest absolute Gasteiger partial charge is 0.346 e. The van der Waals surface area contributed by atoms with Crippen LogP contribution in [0.1, 0.15) is 23.0 Å². The van der Waals surface area contributed by atoms with Gasteiger partial charge in [-0.15, -0.1) is 0 Å². The van der Waals surface area contributed by atoms with E-state index < -0.39 is 15.8 Å². The van der Waals surface area contributed by atoms with Crippen LogP contribution in [0.25, 0.3) is 11.0 Å². The van der Waals surface area contributed by atoms with Crippen LogP contribution in [-0.2, 0) is 10.0 Å². The molecule has 0 bridgehead atoms. The molecule has 0 fully saturated rings. The highest BCUT2D eigenvalue weighted by Crippen LogP contribution is 2.27. The van der Waals surface area contributed by atoms with Gasteiger partial charge >= 0.3 is 0 Å². The first-order chi connectivity index (χ1) is 14.7. The maximum Gasteiger partial charge on any atom is 0.261 e. The lowest BCUT2D eigenvalue weighted by atomic mass is 10.0. The fourth-order valence-electron chi connectivity index (χ4n) is 2.92. The molecule has 0 saturated carbocycles. The summed E-state index contributed by atoms with van der Waals surface area (Å²) < 4.78 is 36.1. The third kappa shape index (κ3) is 3.77. The molecule has 10 heteroatoms. The van der Waals surface area contributed by atoms with Crippen LogP contribution in [0.4, 0.5) is 5.69 Å². The molecule has 3 aromatic heterocycles. The molecule has 0 unspecified atom stereocenters. The third-order valence-electron chi connectivity index (χ3n) is 4.40. The highest BCUT2D eigenvalue weighted by molar-refractivity contribution is 7.92. The minimum Gasteiger partial charge on any atom is -0.346 e. The Bertz CT molecular complexity index is 1450. The van der Waals surface area contributed by atoms with Crippen molar-refractivity contribution in [2.45, 2.75) is 11.8 Å². The van der Waals surface area contributed by atoms with E-state index in [9.17, 15) is 13.2 Å². The van der Waals surface area contributed by atoms with Crippen molar-refractivity contribution in [2.75, 3.05) is 4.72 Å². The molecule has 0 aliphatic heterocycles. The fraction of sp³-hybridized carbons (Fsp3) is 0.0500. The summed E-state index contributed by atoms with van der Waals surface area (Å²) in [7, 11) is -4.09. The molecule has 0 aliphatic carbocycles. The van der Waals surface area contributed by atoms with Crippen LogP contribution < -0.4 is 4.72 Å². The number of fused-ring (bicyclic) bond motifs is 1. The molecule has 4 aromatic rings. The molecule has 0 atom stereocenters. The Kier molecular flexibility index (Phi) is 4.90. The van der Waals surface area contributed by atoms with Crippen molar-refractivity contribution < 1.29 is 14.6 Å². The Morgan fingerprint density at radius 1 is 1.17 bits per heavy atom. The van der Waals surface area contributed by atoms with E-state index in [-0.39, 0.29) is 33.0 Å². The Balaban J connectivity index is 1.82. The number of anilines is 1. The molecule has 0 amide bonds. The summed E-state index contributed by atoms with van der Waals surface area (Å²) in [5.41, 5.74) is 0.926. The summed E-state index contributed by atoms with van der Waals surface area (Å²) in [5.74, 6) is -0.581. The van der Waals surface area contributed by atoms with Crippen LogP contribution in [0.2, 0.25) is 10.0 Å². The Hall–Kier alpha value is -2.94. The molecule has 0 aliphatic rings. The van der Waals surface area contributed by atoms with E-state index in [4.69, 9.17) is 24.6 Å². The number of pyridine rings is 2. The van der Waals surface area contributed by atoms with Gasteiger partial charge in [0.25, 0.3) is 10.0 Å². The van der Waals surface area contributed by atoms with Gasteiger partial charge in [-0.1, -0.05) is 23.2 Å². The van der Waals surface area contributed by atoms with Gasteiger partial charge in [0, 0.05) is 34.5 Å². The van der Waals surface area contributed by atoms with Crippen LogP contribution >= 0.6 is 23.2 Å². The van der Waals surface area contributed by atoms with E-state index in [1.807, 2.05) is 0 Å². The lowest BCUT2D eigenvalue weighted by molar-refractivity contribution is 0.103. The van der Waals surface area contributed by atoms with E-state index >= 15 is 0 Å². The second-order valence-corrected chi connectivity index (χ2v) is 8.92. The number of hydrogen-bond acceptors (Lipinski definition) is 5. The first kappa shape index (κ1) is 19.0. The Labute approximate surface area is 183 Å². The third-order valence-corrected chi connectivity index (χ3v) is 6.39. The monoisotopic (exact) mass is 461 g/mol. The van der Waals surface area contributed by atoms with Crippen molar-refractivity contribution >= 4 is 55.7 Å². The van der Waals surface area contributed by atoms with Gasteiger partial charge in [0.1, 0.15) is 11.3 Å². The number of aromatic nitrogens is 3. The van der Waals surface area contributed by atoms with E-state index in [1.165, 1.54) is 36.5 Å². The highest BCUT2D eigenvalue weighted by atomic mass is 35.5. The van der Waals surface area contributed by atoms with Gasteiger partial charge in [0.2, 0.25) is 5.78 Å². The highest BCUT2D eigenvalue weighted by Gasteiger charge is 2.23. The standard InChI is InChI=1S/C20H14Cl2N4O3S/c1-11-8-13(2-3-16(11)22)30(28,29)26-17-9-12(21)10-25-18(17)19(27)14-4-6-23-20-15(14)5-7-24-20/h2-10,26H,1H3,(H,23,24)/i10D. The molecular formula is C20H14Cl2N4O3S. The van der Waals surface area contributed by atoms with Crippen molar-refractivity contribution in [2.24, 2.45) is 0 Å². The lowest BCUT2D eigenvalue weighted by Gasteiger charge is -2.13. The topological polar surface area (TPSA) is 105 Å². The number of rotatable bonds is 5. The van der Waals surface area contributed by atoms with E-state index in [0.717, 1.165) is 0 Å². The summed E-state index contributed by atoms with van der Waals surface area (Å²) >= 11 is 12.0. The van der Waals surface area contributed by atoms with Crippen molar-refractivity contribution in [1.82, 2.24) is 15.0 Å². The normalized spacial score (nSPS) is 12.0. The lowest BCUT2D eigenvalue weighted by Crippen LogP contribution is -2.17. The number of aromatic amines is 1. The minimum absolute atomic E-state index is 0.0455. The van der Waals surface area contributed by atoms with Gasteiger partial charge in [0.15, 0.2) is 0 Å². The minimum atomic E-state index is -4.09. The van der Waals surface area contributed by atoms with Crippen LogP contribution in [0.5, 0.6) is 0 Å². The molecular weight excluding hydrogens is 447 g/mol. The molecule has 30 heavy (non-hydrogen) atoms. The van der Waals surface area contributed by atoms with Gasteiger partial charge in [-0.05, 0) is 48.9 Å². The molecule has 2 N–H and O–H groups in total. The first-order valence-electron chi connectivity index (χ1n) is 9.10. The number of nitrogens with one attached hydrogen (secondary N) is 2. The number of aryl methyl sites for hydroxylation is 1. The van der Waals surface area contributed by atoms with Gasteiger partial charge in [0.05, 0.1) is 17.0 Å². The number of hydrogen-bond donors (Lipinski definition) is 2. The zero-order chi connectivity index (χ0) is 22.3. The fourth-order valence-corrected chi connectivity index (χ4v) is 4.33. The van der Waals surface area contributed by atoms with Crippen LogP contribution in [0, 0.1) is 6.92 Å². The van der Waals surface area contributed by atoms with Crippen LogP contribution in [0.3, 0.4) is 0 Å². The van der Waals surface area contributed by atoms with Crippen molar-refractivity contribution in [3.8, 4) is 0 Å². The van der Waals surface area contributed by atoms with Crippen LogP contribution in [0.15, 0.2) is 59.9 Å². The maximum atomic E-state index is 13.3. The van der Waals surface area contributed by atoms with Gasteiger partial charge in [-0.2, -0.15) is 0 Å². The van der Waals surface area contributed by atoms with Gasteiger partial charge < -0.3 is 4.98 Å². The molecule has 0 radical (unpaired) electrons. The van der Waals surface area contributed by atoms with Crippen LogP contribution in [-0.4, -0.2) is 29.2 Å². The van der Waals surface area contributed by atoms with E-state index in [2.05, 4.69) is 19.7 Å². The Morgan fingerprint density at radius 2 is 1.97 bits per heavy atom. The summed E-state index contributed by atoms with van der Waals surface area (Å²) in [6.07, 6.45) is 2.73. The molecule has 4 rings (SSSR count). The molecule has 7 nitrogen and oxygen atoms in total. The van der Waals surface area contributed by atoms with Crippen molar-refractivity contribution in [3.63, 3.8) is 0 Å². The molecule has 0 spiro atoms. The predicted molar refractivity (Wildman–Crippen MR) is 116 cm³/mol. The zero-order valence-electron chi connectivity index (χ0n) is 16.4. The smallest absolute Gasteiger partial charge is 0.261 e. The molecule has 152 valence electrons. The molecule has 1 aromatic carbocycles. The predicted octanol–water partition coefficient (Wildman–Crippen LogP) is 4.60. The number of carbonyl (C=O) groups excluding carboxylic acids is 1. The zero-order valence-corrected chi connectivity index (χ0v) is 17.7. The Morgan fingerprint density at radius 3 is 2.73 bits per heavy atom. The summed E-state index contributed by atoms with van der Waals surface area (Å²) in [5, 5.41) is 0.854. The summed E-state index contributed by atoms with van der Waals surface area (Å²) in [6, 6.07) is 8.59. The molecule has 3 heterocycles. The molecule has 0 saturated heterocycles. The number of ketones is 1. The van der Waals surface area contributed by atoms with Crippen molar-refractivity contribution in [1.29, 1.82) is 0 Å².